The molecule has 1 aromatic rings. The summed E-state index contributed by atoms with van der Waals surface area (Å²) < 4.78 is 0. The Hall–Kier alpha value is -1.15. The molecule has 1 heterocycles. The van der Waals surface area contributed by atoms with Crippen LogP contribution < -0.4 is 5.73 Å². The van der Waals surface area contributed by atoms with E-state index in [4.69, 9.17) is 5.73 Å². The molecule has 1 aromatic heterocycles. The average molecular weight is 190 g/mol. The minimum atomic E-state index is 0.210. The van der Waals surface area contributed by atoms with E-state index in [1.54, 1.807) is 0 Å². The largest absolute Gasteiger partial charge is 0.328 e. The van der Waals surface area contributed by atoms with Gasteiger partial charge in [-0.3, -0.25) is 4.98 Å². The molecule has 1 rings (SSSR count). The molecular weight excluding hydrogens is 172 g/mol. The first kappa shape index (κ1) is 10.9. The summed E-state index contributed by atoms with van der Waals surface area (Å²) in [5.74, 6) is 0.411. The molecule has 2 nitrogen and oxygen atoms in total. The minimum Gasteiger partial charge on any atom is -0.328 e. The number of nitrogens with zero attached hydrogens (tertiary/aromatic N) is 1. The highest BCUT2D eigenvalue weighted by Gasteiger charge is 2.12. The van der Waals surface area contributed by atoms with Crippen molar-refractivity contribution in [2.75, 3.05) is 0 Å². The van der Waals surface area contributed by atoms with Gasteiger partial charge in [-0.2, -0.15) is 0 Å². The van der Waals surface area contributed by atoms with E-state index in [1.807, 2.05) is 31.3 Å². The van der Waals surface area contributed by atoms with Gasteiger partial charge in [0.05, 0.1) is 0 Å². The predicted octanol–water partition coefficient (Wildman–Crippen LogP) is 2.48. The van der Waals surface area contributed by atoms with E-state index in [2.05, 4.69) is 17.6 Å². The summed E-state index contributed by atoms with van der Waals surface area (Å²) >= 11 is 0. The van der Waals surface area contributed by atoms with Gasteiger partial charge in [-0.1, -0.05) is 12.1 Å². The SMILES string of the molecule is C=CCC(CC(C)N)c1ccccn1. The molecule has 2 N–H and O–H groups in total. The van der Waals surface area contributed by atoms with Gasteiger partial charge in [-0.05, 0) is 31.9 Å². The smallest absolute Gasteiger partial charge is 0.0438 e. The van der Waals surface area contributed by atoms with Gasteiger partial charge in [-0.15, -0.1) is 6.58 Å². The van der Waals surface area contributed by atoms with Crippen molar-refractivity contribution in [3.05, 3.63) is 42.7 Å². The zero-order valence-electron chi connectivity index (χ0n) is 8.69. The highest BCUT2D eigenvalue weighted by molar-refractivity contribution is 5.11. The van der Waals surface area contributed by atoms with Crippen LogP contribution in [-0.4, -0.2) is 11.0 Å². The second kappa shape index (κ2) is 5.55. The molecule has 0 saturated carbocycles. The molecule has 0 aliphatic rings. The Bertz CT molecular complexity index is 267. The molecule has 2 heteroatoms. The van der Waals surface area contributed by atoms with Gasteiger partial charge in [0.15, 0.2) is 0 Å². The molecule has 0 amide bonds. The van der Waals surface area contributed by atoms with Crippen LogP contribution >= 0.6 is 0 Å². The number of pyridine rings is 1. The van der Waals surface area contributed by atoms with Crippen LogP contribution in [0.2, 0.25) is 0 Å². The Morgan fingerprint density at radius 2 is 2.36 bits per heavy atom. The third kappa shape index (κ3) is 3.30. The molecule has 2 atom stereocenters. The molecule has 76 valence electrons. The van der Waals surface area contributed by atoms with E-state index in [1.165, 1.54) is 0 Å². The van der Waals surface area contributed by atoms with Crippen LogP contribution in [0.5, 0.6) is 0 Å². The Balaban J connectivity index is 2.72. The van der Waals surface area contributed by atoms with Gasteiger partial charge in [0.1, 0.15) is 0 Å². The minimum absolute atomic E-state index is 0.210. The summed E-state index contributed by atoms with van der Waals surface area (Å²) in [5.41, 5.74) is 6.91. The van der Waals surface area contributed by atoms with Crippen LogP contribution in [0.25, 0.3) is 0 Å². The monoisotopic (exact) mass is 190 g/mol. The van der Waals surface area contributed by atoms with Crippen LogP contribution in [0.1, 0.15) is 31.4 Å². The van der Waals surface area contributed by atoms with Crippen LogP contribution in [0.3, 0.4) is 0 Å². The van der Waals surface area contributed by atoms with Gasteiger partial charge in [0, 0.05) is 23.9 Å². The van der Waals surface area contributed by atoms with Gasteiger partial charge >= 0.3 is 0 Å². The second-order valence-corrected chi connectivity index (χ2v) is 3.69. The van der Waals surface area contributed by atoms with E-state index >= 15 is 0 Å². The van der Waals surface area contributed by atoms with Gasteiger partial charge in [-0.25, -0.2) is 0 Å². The molecule has 0 aromatic carbocycles. The lowest BCUT2D eigenvalue weighted by atomic mass is 9.94. The van der Waals surface area contributed by atoms with Crippen molar-refractivity contribution in [2.45, 2.75) is 31.7 Å². The predicted molar refractivity (Wildman–Crippen MR) is 60.1 cm³/mol. The fourth-order valence-electron chi connectivity index (χ4n) is 1.61. The number of aromatic nitrogens is 1. The average Bonchev–Trinajstić information content (AvgIpc) is 2.18. The van der Waals surface area contributed by atoms with Crippen molar-refractivity contribution in [1.29, 1.82) is 0 Å². The van der Waals surface area contributed by atoms with Crippen LogP contribution in [-0.2, 0) is 0 Å². The third-order valence-electron chi connectivity index (χ3n) is 2.21. The summed E-state index contributed by atoms with van der Waals surface area (Å²) in [7, 11) is 0. The van der Waals surface area contributed by atoms with E-state index in [0.717, 1.165) is 18.5 Å². The van der Waals surface area contributed by atoms with Crippen molar-refractivity contribution < 1.29 is 0 Å². The molecule has 0 fully saturated rings. The van der Waals surface area contributed by atoms with E-state index in [0.29, 0.717) is 5.92 Å². The summed E-state index contributed by atoms with van der Waals surface area (Å²) in [4.78, 5) is 4.35. The maximum atomic E-state index is 5.80. The number of rotatable bonds is 5. The van der Waals surface area contributed by atoms with E-state index < -0.39 is 0 Å². The Morgan fingerprint density at radius 1 is 1.57 bits per heavy atom. The maximum Gasteiger partial charge on any atom is 0.0438 e. The Kier molecular flexibility index (Phi) is 4.33. The van der Waals surface area contributed by atoms with Crippen LogP contribution in [0.4, 0.5) is 0 Å². The molecule has 0 bridgehead atoms. The number of hydrogen-bond acceptors (Lipinski definition) is 2. The summed E-state index contributed by atoms with van der Waals surface area (Å²) in [6.07, 6.45) is 5.66. The topological polar surface area (TPSA) is 38.9 Å². The molecule has 14 heavy (non-hydrogen) atoms. The van der Waals surface area contributed by atoms with Crippen molar-refractivity contribution in [1.82, 2.24) is 4.98 Å². The molecule has 0 radical (unpaired) electrons. The van der Waals surface area contributed by atoms with Crippen molar-refractivity contribution in [2.24, 2.45) is 5.73 Å². The lowest BCUT2D eigenvalue weighted by Gasteiger charge is -2.16. The number of nitrogens with two attached hydrogens (primary N) is 1. The first-order valence-corrected chi connectivity index (χ1v) is 5.01. The van der Waals surface area contributed by atoms with Crippen molar-refractivity contribution in [3.63, 3.8) is 0 Å². The van der Waals surface area contributed by atoms with Crippen LogP contribution in [0.15, 0.2) is 37.1 Å². The van der Waals surface area contributed by atoms with Gasteiger partial charge in [0.2, 0.25) is 0 Å². The molecule has 0 aliphatic carbocycles. The Labute approximate surface area is 85.9 Å². The standard InChI is InChI=1S/C12H18N2/c1-3-6-11(9-10(2)13)12-7-4-5-8-14-12/h3-5,7-8,10-11H,1,6,9,13H2,2H3. The van der Waals surface area contributed by atoms with E-state index in [9.17, 15) is 0 Å². The lowest BCUT2D eigenvalue weighted by Crippen LogP contribution is -2.19. The first-order chi connectivity index (χ1) is 6.74. The second-order valence-electron chi connectivity index (χ2n) is 3.69. The highest BCUT2D eigenvalue weighted by Crippen LogP contribution is 2.22. The first-order valence-electron chi connectivity index (χ1n) is 5.01. The molecule has 0 spiro atoms. The fraction of sp³-hybridized carbons (Fsp3) is 0.417. The zero-order valence-corrected chi connectivity index (χ0v) is 8.69. The number of allylic oxidation sites excluding steroid dienone is 1. The lowest BCUT2D eigenvalue weighted by molar-refractivity contribution is 0.547. The molecule has 0 aliphatic heterocycles. The van der Waals surface area contributed by atoms with Crippen LogP contribution in [0, 0.1) is 0 Å². The zero-order chi connectivity index (χ0) is 10.4. The van der Waals surface area contributed by atoms with Gasteiger partial charge < -0.3 is 5.73 Å². The fourth-order valence-corrected chi connectivity index (χ4v) is 1.61. The van der Waals surface area contributed by atoms with E-state index in [-0.39, 0.29) is 6.04 Å². The van der Waals surface area contributed by atoms with Crippen molar-refractivity contribution >= 4 is 0 Å². The number of hydrogen-bond donors (Lipinski definition) is 1. The maximum absolute atomic E-state index is 5.80. The Morgan fingerprint density at radius 3 is 2.86 bits per heavy atom. The normalized spacial score (nSPS) is 14.7. The van der Waals surface area contributed by atoms with Crippen molar-refractivity contribution in [3.8, 4) is 0 Å². The van der Waals surface area contributed by atoms with Gasteiger partial charge in [0.25, 0.3) is 0 Å². The molecule has 0 saturated heterocycles. The summed E-state index contributed by atoms with van der Waals surface area (Å²) in [6, 6.07) is 6.21. The molecule has 2 unspecified atom stereocenters. The summed E-state index contributed by atoms with van der Waals surface area (Å²) in [6.45, 7) is 5.79. The summed E-state index contributed by atoms with van der Waals surface area (Å²) in [5, 5.41) is 0. The highest BCUT2D eigenvalue weighted by atomic mass is 14.7. The third-order valence-corrected chi connectivity index (χ3v) is 2.21. The quantitative estimate of drug-likeness (QED) is 0.724. The molecular formula is C12H18N2.